The van der Waals surface area contributed by atoms with E-state index in [1.165, 1.54) is 0 Å². The van der Waals surface area contributed by atoms with Crippen molar-refractivity contribution in [2.45, 2.75) is 57.6 Å². The number of nitrogens with two attached hydrogens (primary N) is 1. The molecule has 1 aliphatic rings. The fourth-order valence-corrected chi connectivity index (χ4v) is 3.12. The number of ether oxygens (including phenoxy) is 1. The average molecular weight is 462 g/mol. The second kappa shape index (κ2) is 13.0. The Morgan fingerprint density at radius 2 is 2.00 bits per heavy atom. The van der Waals surface area contributed by atoms with Crippen LogP contribution in [0.1, 0.15) is 56.6 Å². The van der Waals surface area contributed by atoms with E-state index >= 15 is 0 Å². The maximum atomic E-state index is 12.2. The predicted octanol–water partition coefficient (Wildman–Crippen LogP) is 1.73. The molecule has 1 aromatic rings. The molecule has 1 unspecified atom stereocenters. The zero-order valence-electron chi connectivity index (χ0n) is 18.6. The summed E-state index contributed by atoms with van der Waals surface area (Å²) in [7, 11) is 0. The summed E-state index contributed by atoms with van der Waals surface area (Å²) in [6.07, 6.45) is 2.80. The summed E-state index contributed by atoms with van der Waals surface area (Å²) in [5.41, 5.74) is 7.50. The van der Waals surface area contributed by atoms with Gasteiger partial charge in [0.1, 0.15) is 18.0 Å². The summed E-state index contributed by atoms with van der Waals surface area (Å²) in [6, 6.07) is 5.64. The topological polar surface area (TPSA) is 176 Å². The van der Waals surface area contributed by atoms with Crippen LogP contribution in [-0.2, 0) is 19.2 Å². The molecule has 0 spiro atoms. The van der Waals surface area contributed by atoms with Crippen LogP contribution in [0, 0.1) is 5.41 Å². The van der Waals surface area contributed by atoms with E-state index in [1.54, 1.807) is 24.3 Å². The lowest BCUT2D eigenvalue weighted by Crippen LogP contribution is -2.48. The van der Waals surface area contributed by atoms with Gasteiger partial charge in [-0.05, 0) is 12.0 Å². The third kappa shape index (κ3) is 8.79. The van der Waals surface area contributed by atoms with Crippen molar-refractivity contribution >= 4 is 29.5 Å². The summed E-state index contributed by atoms with van der Waals surface area (Å²) < 4.78 is 4.98. The number of alkyl carbamates (subject to hydrolysis) is 1. The minimum absolute atomic E-state index is 0.0211. The fourth-order valence-electron chi connectivity index (χ4n) is 3.12. The molecule has 0 aromatic heterocycles. The van der Waals surface area contributed by atoms with Gasteiger partial charge in [0.25, 0.3) is 0 Å². The van der Waals surface area contributed by atoms with Crippen LogP contribution in [-0.4, -0.2) is 59.9 Å². The molecule has 180 valence electrons. The van der Waals surface area contributed by atoms with Crippen molar-refractivity contribution in [1.29, 1.82) is 5.41 Å². The van der Waals surface area contributed by atoms with E-state index < -0.39 is 30.1 Å². The van der Waals surface area contributed by atoms with E-state index in [0.29, 0.717) is 24.1 Å². The number of oxime groups is 1. The number of benzene rings is 1. The molecule has 1 heterocycles. The van der Waals surface area contributed by atoms with Gasteiger partial charge in [0.15, 0.2) is 0 Å². The minimum Gasteiger partial charge on any atom is -0.480 e. The third-order valence-electron chi connectivity index (χ3n) is 5.00. The highest BCUT2D eigenvalue weighted by molar-refractivity contribution is 6.02. The van der Waals surface area contributed by atoms with Gasteiger partial charge >= 0.3 is 12.1 Å². The van der Waals surface area contributed by atoms with Crippen molar-refractivity contribution in [1.82, 2.24) is 10.6 Å². The lowest BCUT2D eigenvalue weighted by atomic mass is 10.0. The first-order valence-corrected chi connectivity index (χ1v) is 10.9. The van der Waals surface area contributed by atoms with E-state index in [2.05, 4.69) is 22.7 Å². The molecular formula is C22H31N5O6. The van der Waals surface area contributed by atoms with Gasteiger partial charge in [-0.2, -0.15) is 0 Å². The Morgan fingerprint density at radius 3 is 2.64 bits per heavy atom. The van der Waals surface area contributed by atoms with Gasteiger partial charge in [0.2, 0.25) is 5.91 Å². The number of nitrogens with zero attached hydrogens (tertiary/aromatic N) is 1. The van der Waals surface area contributed by atoms with E-state index in [1.807, 2.05) is 0 Å². The van der Waals surface area contributed by atoms with E-state index in [0.717, 1.165) is 24.8 Å². The molecule has 1 aromatic carbocycles. The molecule has 33 heavy (non-hydrogen) atoms. The lowest BCUT2D eigenvalue weighted by Gasteiger charge is -2.16. The third-order valence-corrected chi connectivity index (χ3v) is 5.00. The summed E-state index contributed by atoms with van der Waals surface area (Å²) >= 11 is 0. The number of carboxylic acids is 1. The van der Waals surface area contributed by atoms with Crippen LogP contribution in [0.4, 0.5) is 4.79 Å². The molecule has 0 saturated carbocycles. The molecule has 0 saturated heterocycles. The zero-order valence-corrected chi connectivity index (χ0v) is 18.6. The Bertz CT molecular complexity index is 871. The number of nitrogen functional groups attached to an aromatic ring is 1. The zero-order chi connectivity index (χ0) is 24.2. The van der Waals surface area contributed by atoms with Crippen LogP contribution in [0.25, 0.3) is 0 Å². The molecule has 0 radical (unpaired) electrons. The standard InChI is InChI=1S/C22H31N5O6/c1-2-3-4-5-10-32-22(31)26-18(21(29)30)13-25-19(28)12-16-11-17(27-33-16)14-6-8-15(9-7-14)20(23)24/h6-9,16,18H,2-5,10-13H2,1H3,(H3,23,24)(H,25,28)(H,26,31)(H,29,30)/t16?,18-/m0/s1. The number of carbonyl (C=O) groups is 3. The predicted molar refractivity (Wildman–Crippen MR) is 121 cm³/mol. The Labute approximate surface area is 192 Å². The number of aliphatic carboxylic acids is 1. The molecule has 0 fully saturated rings. The first-order chi connectivity index (χ1) is 15.8. The van der Waals surface area contributed by atoms with Crippen molar-refractivity contribution in [2.75, 3.05) is 13.2 Å². The highest BCUT2D eigenvalue weighted by Crippen LogP contribution is 2.19. The second-order valence-electron chi connectivity index (χ2n) is 7.70. The first-order valence-electron chi connectivity index (χ1n) is 10.9. The van der Waals surface area contributed by atoms with Gasteiger partial charge < -0.3 is 31.0 Å². The normalized spacial score (nSPS) is 15.7. The van der Waals surface area contributed by atoms with Crippen LogP contribution in [0.5, 0.6) is 0 Å². The molecule has 0 aliphatic carbocycles. The number of carboxylic acid groups (broad SMARTS) is 1. The maximum absolute atomic E-state index is 12.2. The van der Waals surface area contributed by atoms with Crippen molar-refractivity contribution in [3.8, 4) is 0 Å². The molecule has 11 heteroatoms. The molecule has 6 N–H and O–H groups in total. The number of amides is 2. The van der Waals surface area contributed by atoms with Crippen LogP contribution < -0.4 is 16.4 Å². The van der Waals surface area contributed by atoms with Crippen LogP contribution >= 0.6 is 0 Å². The second-order valence-corrected chi connectivity index (χ2v) is 7.70. The molecular weight excluding hydrogens is 430 g/mol. The highest BCUT2D eigenvalue weighted by Gasteiger charge is 2.26. The minimum atomic E-state index is -1.31. The number of nitrogens with one attached hydrogen (secondary N) is 3. The van der Waals surface area contributed by atoms with Crippen LogP contribution in [0.15, 0.2) is 29.4 Å². The number of rotatable bonds is 13. The van der Waals surface area contributed by atoms with E-state index in [9.17, 15) is 19.5 Å². The van der Waals surface area contributed by atoms with Crippen molar-refractivity contribution in [2.24, 2.45) is 10.9 Å². The molecule has 2 atom stereocenters. The Kier molecular flexibility index (Phi) is 10.1. The fraction of sp³-hybridized carbons (Fsp3) is 0.500. The average Bonchev–Trinajstić information content (AvgIpc) is 3.24. The molecule has 1 aliphatic heterocycles. The number of amidine groups is 1. The Balaban J connectivity index is 1.73. The van der Waals surface area contributed by atoms with E-state index in [-0.39, 0.29) is 25.4 Å². The summed E-state index contributed by atoms with van der Waals surface area (Å²) in [5.74, 6) is -1.74. The van der Waals surface area contributed by atoms with Gasteiger partial charge in [-0.3, -0.25) is 10.2 Å². The molecule has 2 amide bonds. The van der Waals surface area contributed by atoms with Crippen LogP contribution in [0.3, 0.4) is 0 Å². The summed E-state index contributed by atoms with van der Waals surface area (Å²) in [6.45, 7) is 1.99. The van der Waals surface area contributed by atoms with Gasteiger partial charge in [-0.15, -0.1) is 0 Å². The van der Waals surface area contributed by atoms with Gasteiger partial charge in [-0.25, -0.2) is 9.59 Å². The smallest absolute Gasteiger partial charge is 0.407 e. The quantitative estimate of drug-likeness (QED) is 0.169. The number of hydrogen-bond acceptors (Lipinski definition) is 7. The summed E-state index contributed by atoms with van der Waals surface area (Å²) in [4.78, 5) is 40.7. The van der Waals surface area contributed by atoms with Crippen molar-refractivity contribution < 1.29 is 29.1 Å². The summed E-state index contributed by atoms with van der Waals surface area (Å²) in [5, 5.41) is 25.5. The number of carbonyl (C=O) groups excluding carboxylic acids is 2. The van der Waals surface area contributed by atoms with Gasteiger partial charge in [0.05, 0.1) is 18.7 Å². The Morgan fingerprint density at radius 1 is 1.27 bits per heavy atom. The number of unbranched alkanes of at least 4 members (excludes halogenated alkanes) is 3. The molecule has 11 nitrogen and oxygen atoms in total. The van der Waals surface area contributed by atoms with Crippen LogP contribution in [0.2, 0.25) is 0 Å². The monoisotopic (exact) mass is 461 g/mol. The first kappa shape index (κ1) is 25.6. The highest BCUT2D eigenvalue weighted by atomic mass is 16.6. The van der Waals surface area contributed by atoms with Gasteiger partial charge in [-0.1, -0.05) is 55.6 Å². The Hall–Kier alpha value is -3.63. The molecule has 2 rings (SSSR count). The van der Waals surface area contributed by atoms with Crippen molar-refractivity contribution in [3.05, 3.63) is 35.4 Å². The maximum Gasteiger partial charge on any atom is 0.407 e. The lowest BCUT2D eigenvalue weighted by molar-refractivity contribution is -0.139. The SMILES string of the molecule is CCCCCCOC(=O)N[C@@H](CNC(=O)CC1CC(c2ccc(C(=N)N)cc2)=NO1)C(=O)O. The largest absolute Gasteiger partial charge is 0.480 e. The number of hydrogen-bond donors (Lipinski definition) is 5. The van der Waals surface area contributed by atoms with Crippen molar-refractivity contribution in [3.63, 3.8) is 0 Å². The van der Waals surface area contributed by atoms with Gasteiger partial charge in [0, 0.05) is 18.5 Å². The molecule has 0 bridgehead atoms. The van der Waals surface area contributed by atoms with E-state index in [4.69, 9.17) is 20.7 Å².